The smallest absolute Gasteiger partial charge is 0.459 e. The van der Waals surface area contributed by atoms with Gasteiger partial charge in [0.2, 0.25) is 0 Å². The van der Waals surface area contributed by atoms with Crippen LogP contribution in [0.25, 0.3) is 11.0 Å². The molecule has 13 nitrogen and oxygen atoms in total. The van der Waals surface area contributed by atoms with Crippen LogP contribution in [0.15, 0.2) is 61.1 Å². The molecule has 0 spiro atoms. The van der Waals surface area contributed by atoms with Crippen LogP contribution in [0.4, 0.5) is 19.0 Å². The molecule has 1 fully saturated rings. The van der Waals surface area contributed by atoms with Gasteiger partial charge >= 0.3 is 19.9 Å². The molecule has 0 saturated carbocycles. The number of esters is 1. The van der Waals surface area contributed by atoms with Crippen molar-refractivity contribution in [1.29, 1.82) is 0 Å². The van der Waals surface area contributed by atoms with Crippen LogP contribution in [0.3, 0.4) is 0 Å². The summed E-state index contributed by atoms with van der Waals surface area (Å²) in [6, 6.07) is 8.64. The van der Waals surface area contributed by atoms with E-state index in [1.54, 1.807) is 6.07 Å². The first-order chi connectivity index (χ1) is 21.7. The molecule has 2 aliphatic rings. The van der Waals surface area contributed by atoms with E-state index in [0.717, 1.165) is 12.1 Å². The second kappa shape index (κ2) is 11.8. The lowest BCUT2D eigenvalue weighted by molar-refractivity contribution is -0.152. The molecular weight excluding hydrogens is 658 g/mol. The molecule has 0 amide bonds. The molecule has 2 aliphatic heterocycles. The lowest BCUT2D eigenvalue weighted by Gasteiger charge is -2.30. The number of aliphatic hydroxyl groups excluding tert-OH is 1. The summed E-state index contributed by atoms with van der Waals surface area (Å²) in [7, 11) is -4.71. The maximum absolute atomic E-state index is 14.3. The molecule has 0 aliphatic carbocycles. The van der Waals surface area contributed by atoms with Gasteiger partial charge in [0.05, 0.1) is 17.6 Å². The third-order valence-corrected chi connectivity index (χ3v) is 9.47. The molecule has 4 aromatic rings. The Morgan fingerprint density at radius 3 is 2.67 bits per heavy atom. The van der Waals surface area contributed by atoms with Gasteiger partial charge in [-0.1, -0.05) is 23.7 Å². The van der Waals surface area contributed by atoms with Crippen LogP contribution in [0.5, 0.6) is 5.75 Å². The second-order valence-electron chi connectivity index (χ2n) is 10.8. The molecule has 2 aromatic carbocycles. The quantitative estimate of drug-likeness (QED) is 0.153. The summed E-state index contributed by atoms with van der Waals surface area (Å²) in [4.78, 5) is 21.0. The van der Waals surface area contributed by atoms with Crippen molar-refractivity contribution in [3.8, 4) is 5.75 Å². The van der Waals surface area contributed by atoms with E-state index in [2.05, 4.69) is 15.1 Å². The highest BCUT2D eigenvalue weighted by Crippen LogP contribution is 2.50. The highest BCUT2D eigenvalue weighted by Gasteiger charge is 2.54. The van der Waals surface area contributed by atoms with Gasteiger partial charge < -0.3 is 34.5 Å². The van der Waals surface area contributed by atoms with Crippen molar-refractivity contribution in [2.75, 3.05) is 12.3 Å². The number of rotatable bonds is 8. The molecule has 244 valence electrons. The SMILES string of the molecule is C[C@]1(O)C(n2ccc3c(N)ncnc32)OC(COP(=O)(NC2C(=O)OCc3c2cccc3C(F)(F)F)Oc2ccc(Cl)cc2)[C@H]1O. The van der Waals surface area contributed by atoms with Gasteiger partial charge in [0, 0.05) is 16.8 Å². The Hall–Kier alpha value is -3.76. The average Bonchev–Trinajstić information content (AvgIpc) is 3.52. The predicted molar refractivity (Wildman–Crippen MR) is 155 cm³/mol. The number of hydrogen-bond acceptors (Lipinski definition) is 11. The van der Waals surface area contributed by atoms with Crippen molar-refractivity contribution < 1.29 is 51.3 Å². The fourth-order valence-corrected chi connectivity index (χ4v) is 7.00. The number of benzene rings is 2. The fraction of sp³-hybridized carbons (Fsp3) is 0.321. The maximum atomic E-state index is 14.3. The molecule has 0 radical (unpaired) electrons. The van der Waals surface area contributed by atoms with Crippen molar-refractivity contribution in [2.24, 2.45) is 0 Å². The summed E-state index contributed by atoms with van der Waals surface area (Å²) in [5.74, 6) is -0.892. The zero-order chi connectivity index (χ0) is 33.0. The zero-order valence-corrected chi connectivity index (χ0v) is 25.4. The largest absolute Gasteiger partial charge is 0.459 e. The number of nitrogens with one attached hydrogen (secondary N) is 1. The molecule has 18 heteroatoms. The Balaban J connectivity index is 1.30. The lowest BCUT2D eigenvalue weighted by atomic mass is 9.94. The molecule has 1 saturated heterocycles. The number of nitrogens with zero attached hydrogens (tertiary/aromatic N) is 3. The lowest BCUT2D eigenvalue weighted by Crippen LogP contribution is -2.44. The van der Waals surface area contributed by atoms with Crippen LogP contribution in [0.2, 0.25) is 5.02 Å². The van der Waals surface area contributed by atoms with E-state index in [9.17, 15) is 32.7 Å². The van der Waals surface area contributed by atoms with Gasteiger partial charge in [-0.25, -0.2) is 19.3 Å². The van der Waals surface area contributed by atoms with Crippen LogP contribution in [-0.2, 0) is 36.1 Å². The van der Waals surface area contributed by atoms with Crippen molar-refractivity contribution in [1.82, 2.24) is 19.6 Å². The Morgan fingerprint density at radius 1 is 1.22 bits per heavy atom. The molecule has 4 heterocycles. The number of fused-ring (bicyclic) bond motifs is 2. The number of carbonyl (C=O) groups is 1. The van der Waals surface area contributed by atoms with E-state index in [0.29, 0.717) is 16.1 Å². The summed E-state index contributed by atoms with van der Waals surface area (Å²) >= 11 is 5.95. The number of hydrogen-bond donors (Lipinski definition) is 4. The first kappa shape index (κ1) is 32.2. The number of cyclic esters (lactones) is 1. The maximum Gasteiger partial charge on any atom is 0.459 e. The summed E-state index contributed by atoms with van der Waals surface area (Å²) in [6.07, 6.45) is -6.19. The third kappa shape index (κ3) is 5.93. The normalized spacial score (nSPS) is 26.0. The number of anilines is 1. The number of aliphatic hydroxyl groups is 2. The van der Waals surface area contributed by atoms with Crippen molar-refractivity contribution in [3.05, 3.63) is 82.8 Å². The van der Waals surface area contributed by atoms with Crippen molar-refractivity contribution in [2.45, 2.75) is 49.8 Å². The van der Waals surface area contributed by atoms with E-state index in [4.69, 9.17) is 35.9 Å². The molecule has 2 aromatic heterocycles. The number of ether oxygens (including phenoxy) is 2. The molecular formula is C28H26ClF3N5O8P. The van der Waals surface area contributed by atoms with E-state index in [1.165, 1.54) is 54.3 Å². The number of alkyl halides is 3. The van der Waals surface area contributed by atoms with Gasteiger partial charge in [0.1, 0.15) is 54.0 Å². The Bertz CT molecular complexity index is 1840. The first-order valence-corrected chi connectivity index (χ1v) is 15.6. The summed E-state index contributed by atoms with van der Waals surface area (Å²) < 4.78 is 79.2. The number of nitrogens with two attached hydrogens (primary N) is 1. The molecule has 5 N–H and O–H groups in total. The Morgan fingerprint density at radius 2 is 1.96 bits per heavy atom. The molecule has 6 rings (SSSR count). The van der Waals surface area contributed by atoms with Gasteiger partial charge in [-0.3, -0.25) is 4.52 Å². The van der Waals surface area contributed by atoms with Crippen LogP contribution in [0.1, 0.15) is 35.9 Å². The van der Waals surface area contributed by atoms with Crippen molar-refractivity contribution in [3.63, 3.8) is 0 Å². The van der Waals surface area contributed by atoms with Crippen LogP contribution >= 0.6 is 19.3 Å². The van der Waals surface area contributed by atoms with E-state index in [1.807, 2.05) is 0 Å². The molecule has 0 bridgehead atoms. The average molecular weight is 684 g/mol. The van der Waals surface area contributed by atoms with Gasteiger partial charge in [0.15, 0.2) is 6.23 Å². The third-order valence-electron chi connectivity index (χ3n) is 7.71. The first-order valence-electron chi connectivity index (χ1n) is 13.6. The number of nitrogen functional groups attached to an aromatic ring is 1. The summed E-state index contributed by atoms with van der Waals surface area (Å²) in [6.45, 7) is -0.0262. The van der Waals surface area contributed by atoms with E-state index >= 15 is 0 Å². The van der Waals surface area contributed by atoms with E-state index < -0.39 is 68.7 Å². The summed E-state index contributed by atoms with van der Waals surface area (Å²) in [5.41, 5.74) is 2.78. The van der Waals surface area contributed by atoms with Gasteiger partial charge in [-0.15, -0.1) is 0 Å². The zero-order valence-electron chi connectivity index (χ0n) is 23.7. The number of halogens is 4. The highest BCUT2D eigenvalue weighted by atomic mass is 35.5. The van der Waals surface area contributed by atoms with Crippen LogP contribution < -0.4 is 15.3 Å². The predicted octanol–water partition coefficient (Wildman–Crippen LogP) is 4.29. The summed E-state index contributed by atoms with van der Waals surface area (Å²) in [5, 5.41) is 25.5. The van der Waals surface area contributed by atoms with Gasteiger partial charge in [0.25, 0.3) is 0 Å². The highest BCUT2D eigenvalue weighted by molar-refractivity contribution is 7.52. The van der Waals surface area contributed by atoms with Crippen LogP contribution in [-0.4, -0.2) is 55.1 Å². The minimum atomic E-state index is -4.76. The molecule has 4 unspecified atom stereocenters. The Labute approximate surface area is 263 Å². The fourth-order valence-electron chi connectivity index (χ4n) is 5.39. The number of carbonyl (C=O) groups excluding carboxylic acids is 1. The minimum Gasteiger partial charge on any atom is -0.459 e. The van der Waals surface area contributed by atoms with Gasteiger partial charge in [-0.05, 0) is 48.9 Å². The Kier molecular flexibility index (Phi) is 8.26. The monoisotopic (exact) mass is 683 g/mol. The standard InChI is InChI=1S/C28H26ClF3N5O8P/c1-27(40)22(38)20(44-26(27)37-10-9-17-23(33)34-13-35-24(17)37)12-43-46(41,45-15-7-5-14(29)6-8-15)36-21-16-3-2-4-19(28(30,31)32)18(16)11-42-25(21)39/h2-10,13,20-22,26,38,40H,11-12H2,1H3,(H,36,41)(H2,33,34,35)/t20?,21?,22-,26?,27-,46?/m1/s1. The second-order valence-corrected chi connectivity index (χ2v) is 12.9. The van der Waals surface area contributed by atoms with E-state index in [-0.39, 0.29) is 22.7 Å². The topological polar surface area (TPSA) is 180 Å². The van der Waals surface area contributed by atoms with Crippen molar-refractivity contribution >= 4 is 42.2 Å². The van der Waals surface area contributed by atoms with Crippen LogP contribution in [0, 0.1) is 0 Å². The number of aromatic nitrogens is 3. The molecule has 6 atom stereocenters. The molecule has 46 heavy (non-hydrogen) atoms. The van der Waals surface area contributed by atoms with Gasteiger partial charge in [-0.2, -0.15) is 18.3 Å². The minimum absolute atomic E-state index is 0.0393.